The number of halogens is 2. The average Bonchev–Trinajstić information content (AvgIpc) is 3.12. The van der Waals surface area contributed by atoms with Crippen LogP contribution in [0.3, 0.4) is 0 Å². The maximum atomic E-state index is 14.5. The van der Waals surface area contributed by atoms with Crippen LogP contribution in [0.2, 0.25) is 0 Å². The number of carbonyl (C=O) groups is 3. The number of likely N-dealkylation sites (tertiary alicyclic amines) is 1. The third kappa shape index (κ3) is 4.43. The van der Waals surface area contributed by atoms with Gasteiger partial charge in [0.25, 0.3) is 0 Å². The molecule has 0 unspecified atom stereocenters. The summed E-state index contributed by atoms with van der Waals surface area (Å²) in [5.41, 5.74) is 1.41. The topological polar surface area (TPSA) is 77.8 Å². The van der Waals surface area contributed by atoms with Crippen LogP contribution in [0.1, 0.15) is 41.6 Å². The van der Waals surface area contributed by atoms with Gasteiger partial charge in [-0.25, -0.2) is 18.4 Å². The van der Waals surface area contributed by atoms with Gasteiger partial charge in [-0.1, -0.05) is 12.1 Å². The smallest absolute Gasteiger partial charge is 0.414 e. The molecule has 182 valence electrons. The molecule has 3 heterocycles. The van der Waals surface area contributed by atoms with Crippen LogP contribution in [0.4, 0.5) is 8.78 Å². The van der Waals surface area contributed by atoms with Gasteiger partial charge in [-0.3, -0.25) is 9.69 Å². The van der Waals surface area contributed by atoms with E-state index in [1.807, 2.05) is 6.07 Å². The van der Waals surface area contributed by atoms with E-state index in [1.54, 1.807) is 19.2 Å². The fourth-order valence-electron chi connectivity index (χ4n) is 4.98. The van der Waals surface area contributed by atoms with Crippen molar-refractivity contribution in [1.29, 1.82) is 0 Å². The summed E-state index contributed by atoms with van der Waals surface area (Å²) >= 11 is 0. The van der Waals surface area contributed by atoms with E-state index in [0.717, 1.165) is 37.6 Å². The van der Waals surface area contributed by atoms with Gasteiger partial charge in [-0.15, -0.1) is 0 Å². The van der Waals surface area contributed by atoms with Gasteiger partial charge < -0.3 is 14.0 Å². The van der Waals surface area contributed by atoms with Gasteiger partial charge in [-0.2, -0.15) is 0 Å². The number of ether oxygens (including phenoxy) is 2. The van der Waals surface area contributed by atoms with Crippen LogP contribution in [0, 0.1) is 17.6 Å². The number of benzene rings is 2. The number of rotatable bonds is 6. The average molecular weight is 482 g/mol. The van der Waals surface area contributed by atoms with Crippen LogP contribution in [0.25, 0.3) is 10.9 Å². The number of aromatic nitrogens is 1. The fraction of sp³-hybridized carbons (Fsp3) is 0.346. The molecule has 2 bridgehead atoms. The highest BCUT2D eigenvalue weighted by atomic mass is 19.1. The van der Waals surface area contributed by atoms with Gasteiger partial charge in [0.2, 0.25) is 5.88 Å². The quantitative estimate of drug-likeness (QED) is 0.227. The van der Waals surface area contributed by atoms with Crippen molar-refractivity contribution in [2.45, 2.75) is 32.2 Å². The van der Waals surface area contributed by atoms with E-state index in [1.165, 1.54) is 16.7 Å². The van der Waals surface area contributed by atoms with E-state index < -0.39 is 23.5 Å². The number of fused-ring (bicyclic) bond motifs is 1. The van der Waals surface area contributed by atoms with E-state index in [9.17, 15) is 23.2 Å². The number of hydrogen-bond acceptors (Lipinski definition) is 6. The minimum absolute atomic E-state index is 0.0568. The summed E-state index contributed by atoms with van der Waals surface area (Å²) in [6, 6.07) is 9.17. The predicted molar refractivity (Wildman–Crippen MR) is 122 cm³/mol. The van der Waals surface area contributed by atoms with Crippen molar-refractivity contribution in [3.05, 3.63) is 59.2 Å². The number of Topliss-reactive ketones (excluding diaryl/α,β-unsaturated/α-hetero) is 1. The molecule has 3 aromatic rings. The van der Waals surface area contributed by atoms with Crippen molar-refractivity contribution in [2.24, 2.45) is 13.0 Å². The Kier molecular flexibility index (Phi) is 6.10. The molecule has 0 saturated carbocycles. The minimum Gasteiger partial charge on any atom is -0.414 e. The molecule has 1 aromatic heterocycles. The molecule has 0 atom stereocenters. The van der Waals surface area contributed by atoms with Gasteiger partial charge in [0.15, 0.2) is 17.3 Å². The number of aryl methyl sites for hydroxylation is 1. The van der Waals surface area contributed by atoms with Crippen molar-refractivity contribution in [2.75, 3.05) is 13.1 Å². The first-order valence-corrected chi connectivity index (χ1v) is 11.6. The van der Waals surface area contributed by atoms with Crippen molar-refractivity contribution >= 4 is 28.6 Å². The summed E-state index contributed by atoms with van der Waals surface area (Å²) in [7, 11) is 1.58. The molecule has 1 fully saturated rings. The van der Waals surface area contributed by atoms with Gasteiger partial charge in [0, 0.05) is 20.0 Å². The van der Waals surface area contributed by atoms with Crippen LogP contribution in [-0.4, -0.2) is 40.3 Å². The van der Waals surface area contributed by atoms with Crippen LogP contribution in [-0.2, 0) is 23.2 Å². The van der Waals surface area contributed by atoms with E-state index in [0.29, 0.717) is 24.4 Å². The van der Waals surface area contributed by atoms with E-state index in [4.69, 9.17) is 9.47 Å². The molecule has 0 aliphatic carbocycles. The first-order valence-electron chi connectivity index (χ1n) is 11.6. The lowest BCUT2D eigenvalue weighted by Crippen LogP contribution is -2.33. The first kappa shape index (κ1) is 23.2. The van der Waals surface area contributed by atoms with Crippen molar-refractivity contribution in [3.8, 4) is 11.6 Å². The number of ketones is 1. The number of nitrogens with zero attached hydrogens (tertiary/aromatic N) is 2. The van der Waals surface area contributed by atoms with Crippen LogP contribution in [0.15, 0.2) is 36.4 Å². The maximum absolute atomic E-state index is 14.5. The molecule has 2 aliphatic heterocycles. The molecule has 2 aromatic carbocycles. The Bertz CT molecular complexity index is 1340. The summed E-state index contributed by atoms with van der Waals surface area (Å²) in [4.78, 5) is 39.6. The Morgan fingerprint density at radius 2 is 1.80 bits per heavy atom. The highest BCUT2D eigenvalue weighted by molar-refractivity contribution is 6.32. The summed E-state index contributed by atoms with van der Waals surface area (Å²) in [5, 5.41) is 0.137. The largest absolute Gasteiger partial charge is 0.424 e. The second-order valence-corrected chi connectivity index (χ2v) is 9.10. The molecule has 0 N–H and O–H groups in total. The Balaban J connectivity index is 1.29. The van der Waals surface area contributed by atoms with E-state index >= 15 is 0 Å². The molecule has 7 nitrogen and oxygen atoms in total. The van der Waals surface area contributed by atoms with Crippen molar-refractivity contribution in [3.63, 3.8) is 0 Å². The predicted octanol–water partition coefficient (Wildman–Crippen LogP) is 4.16. The van der Waals surface area contributed by atoms with Crippen LogP contribution >= 0.6 is 0 Å². The van der Waals surface area contributed by atoms with Gasteiger partial charge in [-0.05, 0) is 68.1 Å². The van der Waals surface area contributed by atoms with Gasteiger partial charge in [0.05, 0.1) is 16.5 Å². The zero-order chi connectivity index (χ0) is 24.7. The Morgan fingerprint density at radius 3 is 2.54 bits per heavy atom. The second-order valence-electron chi connectivity index (χ2n) is 9.10. The SMILES string of the molecule is Cn1c2c(C(=O)CCC3CCN(Cc4cccc(F)c4)CC3)c3c(c(F)ccc31)OC(=O)C(=O)O2. The zero-order valence-corrected chi connectivity index (χ0v) is 19.2. The first-order chi connectivity index (χ1) is 16.8. The highest BCUT2D eigenvalue weighted by Gasteiger charge is 2.35. The Morgan fingerprint density at radius 1 is 1.06 bits per heavy atom. The lowest BCUT2D eigenvalue weighted by atomic mass is 9.90. The minimum atomic E-state index is -1.34. The standard InChI is InChI=1S/C26H24F2N2O5/c1-29-19-7-6-18(28)23-21(19)22(24(29)35-26(33)25(32)34-23)20(31)8-5-15-9-11-30(12-10-15)14-16-3-2-4-17(27)13-16/h2-4,6-7,13,15H,5,8-12,14H2,1H3. The molecule has 35 heavy (non-hydrogen) atoms. The molecular weight excluding hydrogens is 458 g/mol. The fourth-order valence-corrected chi connectivity index (χ4v) is 4.98. The summed E-state index contributed by atoms with van der Waals surface area (Å²) in [6.07, 6.45) is 2.61. The highest BCUT2D eigenvalue weighted by Crippen LogP contribution is 2.41. The lowest BCUT2D eigenvalue weighted by molar-refractivity contribution is -0.156. The molecule has 0 radical (unpaired) electrons. The summed E-state index contributed by atoms with van der Waals surface area (Å²) < 4.78 is 39.5. The number of piperidine rings is 1. The molecule has 2 aliphatic rings. The third-order valence-corrected chi connectivity index (χ3v) is 6.83. The molecule has 0 amide bonds. The van der Waals surface area contributed by atoms with Gasteiger partial charge in [0.1, 0.15) is 5.82 Å². The summed E-state index contributed by atoms with van der Waals surface area (Å²) in [6.45, 7) is 2.37. The van der Waals surface area contributed by atoms with Gasteiger partial charge >= 0.3 is 11.9 Å². The molecule has 5 rings (SSSR count). The zero-order valence-electron chi connectivity index (χ0n) is 19.2. The molecular formula is C26H24F2N2O5. The van der Waals surface area contributed by atoms with Crippen molar-refractivity contribution < 1.29 is 32.6 Å². The monoisotopic (exact) mass is 482 g/mol. The van der Waals surface area contributed by atoms with E-state index in [-0.39, 0.29) is 34.9 Å². The number of esters is 2. The Hall–Kier alpha value is -3.59. The van der Waals surface area contributed by atoms with Crippen LogP contribution in [0.5, 0.6) is 11.6 Å². The van der Waals surface area contributed by atoms with Crippen molar-refractivity contribution in [1.82, 2.24) is 9.47 Å². The maximum Gasteiger partial charge on any atom is 0.424 e. The molecule has 0 spiro atoms. The number of hydrogen-bond donors (Lipinski definition) is 0. The third-order valence-electron chi connectivity index (χ3n) is 6.83. The Labute approximate surface area is 200 Å². The van der Waals surface area contributed by atoms with E-state index in [2.05, 4.69) is 4.90 Å². The number of carbonyl (C=O) groups excluding carboxylic acids is 3. The molecule has 9 heteroatoms. The lowest BCUT2D eigenvalue weighted by Gasteiger charge is -2.32. The normalized spacial score (nSPS) is 16.8. The molecule has 1 saturated heterocycles. The summed E-state index contributed by atoms with van der Waals surface area (Å²) in [5.74, 6) is -4.22. The van der Waals surface area contributed by atoms with Crippen LogP contribution < -0.4 is 9.47 Å². The second kappa shape index (κ2) is 9.22.